The SMILES string of the molecule is CC(C)(C)c1ccc(CN(CCc2c[nH]c3ccccc23)Cc2nc(C(=O)N3CCCC3)co2)cc1. The molecule has 3 heterocycles. The summed E-state index contributed by atoms with van der Waals surface area (Å²) in [5.41, 5.74) is 5.59. The Morgan fingerprint density at radius 1 is 1.06 bits per heavy atom. The molecule has 6 heteroatoms. The van der Waals surface area contributed by atoms with E-state index in [1.807, 2.05) is 4.90 Å². The molecule has 6 nitrogen and oxygen atoms in total. The second-order valence-electron chi connectivity index (χ2n) is 10.9. The largest absolute Gasteiger partial charge is 0.447 e. The first-order chi connectivity index (χ1) is 17.4. The van der Waals surface area contributed by atoms with Crippen molar-refractivity contribution < 1.29 is 9.21 Å². The van der Waals surface area contributed by atoms with Crippen molar-refractivity contribution in [3.63, 3.8) is 0 Å². The molecule has 1 aliphatic heterocycles. The van der Waals surface area contributed by atoms with Crippen molar-refractivity contribution in [2.24, 2.45) is 0 Å². The average Bonchev–Trinajstić information content (AvgIpc) is 3.63. The van der Waals surface area contributed by atoms with Crippen molar-refractivity contribution in [1.82, 2.24) is 19.8 Å². The van der Waals surface area contributed by atoms with Crippen molar-refractivity contribution >= 4 is 16.8 Å². The summed E-state index contributed by atoms with van der Waals surface area (Å²) in [6, 6.07) is 17.3. The van der Waals surface area contributed by atoms with Crippen LogP contribution in [0.15, 0.2) is 65.4 Å². The highest BCUT2D eigenvalue weighted by Gasteiger charge is 2.23. The Morgan fingerprint density at radius 3 is 2.56 bits per heavy atom. The molecule has 0 atom stereocenters. The van der Waals surface area contributed by atoms with Gasteiger partial charge in [0.1, 0.15) is 6.26 Å². The lowest BCUT2D eigenvalue weighted by Crippen LogP contribution is -2.28. The highest BCUT2D eigenvalue weighted by atomic mass is 16.3. The third kappa shape index (κ3) is 5.54. The summed E-state index contributed by atoms with van der Waals surface area (Å²) >= 11 is 0. The van der Waals surface area contributed by atoms with E-state index < -0.39 is 0 Å². The van der Waals surface area contributed by atoms with Gasteiger partial charge in [0.15, 0.2) is 5.69 Å². The van der Waals surface area contributed by atoms with E-state index in [0.29, 0.717) is 18.1 Å². The van der Waals surface area contributed by atoms with E-state index in [1.54, 1.807) is 0 Å². The predicted molar refractivity (Wildman–Crippen MR) is 143 cm³/mol. The maximum absolute atomic E-state index is 12.7. The molecule has 0 radical (unpaired) electrons. The topological polar surface area (TPSA) is 65.4 Å². The number of nitrogens with zero attached hydrogens (tertiary/aromatic N) is 3. The smallest absolute Gasteiger partial charge is 0.275 e. The minimum absolute atomic E-state index is 0.0226. The Hall–Kier alpha value is -3.38. The minimum atomic E-state index is -0.0226. The summed E-state index contributed by atoms with van der Waals surface area (Å²) in [6.07, 6.45) is 6.66. The van der Waals surface area contributed by atoms with E-state index in [-0.39, 0.29) is 11.3 Å². The number of oxazole rings is 1. The van der Waals surface area contributed by atoms with E-state index in [0.717, 1.165) is 51.0 Å². The van der Waals surface area contributed by atoms with Gasteiger partial charge >= 0.3 is 0 Å². The first-order valence-corrected chi connectivity index (χ1v) is 13.0. The second-order valence-corrected chi connectivity index (χ2v) is 10.9. The number of H-pyrrole nitrogens is 1. The maximum atomic E-state index is 12.7. The van der Waals surface area contributed by atoms with Gasteiger partial charge in [-0.2, -0.15) is 0 Å². The van der Waals surface area contributed by atoms with Crippen LogP contribution in [0.5, 0.6) is 0 Å². The monoisotopic (exact) mass is 484 g/mol. The fourth-order valence-electron chi connectivity index (χ4n) is 4.95. The number of carbonyl (C=O) groups excluding carboxylic acids is 1. The van der Waals surface area contributed by atoms with Crippen molar-refractivity contribution in [2.45, 2.75) is 58.5 Å². The number of hydrogen-bond acceptors (Lipinski definition) is 4. The molecule has 1 N–H and O–H groups in total. The second kappa shape index (κ2) is 10.3. The molecule has 1 fully saturated rings. The number of hydrogen-bond donors (Lipinski definition) is 1. The molecule has 0 aliphatic carbocycles. The van der Waals surface area contributed by atoms with Gasteiger partial charge in [-0.05, 0) is 47.4 Å². The van der Waals surface area contributed by atoms with Gasteiger partial charge in [0, 0.05) is 43.3 Å². The van der Waals surface area contributed by atoms with Gasteiger partial charge in [0.25, 0.3) is 5.91 Å². The number of likely N-dealkylation sites (tertiary alicyclic amines) is 1. The molecule has 0 unspecified atom stereocenters. The number of benzene rings is 2. The van der Waals surface area contributed by atoms with Crippen molar-refractivity contribution in [2.75, 3.05) is 19.6 Å². The zero-order valence-electron chi connectivity index (χ0n) is 21.6. The minimum Gasteiger partial charge on any atom is -0.447 e. The van der Waals surface area contributed by atoms with E-state index in [4.69, 9.17) is 4.42 Å². The molecule has 1 amide bonds. The Balaban J connectivity index is 1.32. The number of nitrogens with one attached hydrogen (secondary N) is 1. The van der Waals surface area contributed by atoms with E-state index in [1.165, 1.54) is 28.3 Å². The molecule has 2 aromatic heterocycles. The van der Waals surface area contributed by atoms with Crippen LogP contribution in [0.2, 0.25) is 0 Å². The van der Waals surface area contributed by atoms with Crippen LogP contribution >= 0.6 is 0 Å². The zero-order chi connectivity index (χ0) is 25.1. The highest BCUT2D eigenvalue weighted by molar-refractivity contribution is 5.92. The van der Waals surface area contributed by atoms with Crippen LogP contribution in [0.1, 0.15) is 66.7 Å². The lowest BCUT2D eigenvalue weighted by Gasteiger charge is -2.22. The van der Waals surface area contributed by atoms with Gasteiger partial charge in [0.05, 0.1) is 6.54 Å². The number of carbonyl (C=O) groups is 1. The molecular formula is C30H36N4O2. The van der Waals surface area contributed by atoms with Gasteiger partial charge < -0.3 is 14.3 Å². The molecule has 0 saturated carbocycles. The Morgan fingerprint density at radius 2 is 1.81 bits per heavy atom. The Kier molecular flexibility index (Phi) is 6.97. The number of para-hydroxylation sites is 1. The molecule has 1 saturated heterocycles. The standard InChI is InChI=1S/C30H36N4O2/c1-30(2,3)24-12-10-22(11-13-24)19-33(17-14-23-18-31-26-9-5-4-8-25(23)26)20-28-32-27(21-36-28)29(35)34-15-6-7-16-34/h4-5,8-13,18,21,31H,6-7,14-17,19-20H2,1-3H3. The van der Waals surface area contributed by atoms with Crippen LogP contribution in [-0.2, 0) is 24.9 Å². The molecule has 5 rings (SSSR count). The van der Waals surface area contributed by atoms with Gasteiger partial charge in [-0.15, -0.1) is 0 Å². The van der Waals surface area contributed by atoms with Gasteiger partial charge in [0.2, 0.25) is 5.89 Å². The van der Waals surface area contributed by atoms with Crippen molar-refractivity contribution in [3.05, 3.63) is 89.3 Å². The first-order valence-electron chi connectivity index (χ1n) is 13.0. The Bertz CT molecular complexity index is 1310. The average molecular weight is 485 g/mol. The summed E-state index contributed by atoms with van der Waals surface area (Å²) in [6.45, 7) is 10.5. The van der Waals surface area contributed by atoms with Crippen LogP contribution in [-0.4, -0.2) is 45.3 Å². The van der Waals surface area contributed by atoms with Crippen LogP contribution in [0.3, 0.4) is 0 Å². The fourth-order valence-corrected chi connectivity index (χ4v) is 4.95. The van der Waals surface area contributed by atoms with Gasteiger partial charge in [-0.1, -0.05) is 63.2 Å². The lowest BCUT2D eigenvalue weighted by atomic mass is 9.87. The van der Waals surface area contributed by atoms with Gasteiger partial charge in [-0.25, -0.2) is 4.98 Å². The maximum Gasteiger partial charge on any atom is 0.275 e. The lowest BCUT2D eigenvalue weighted by molar-refractivity contribution is 0.0787. The van der Waals surface area contributed by atoms with Crippen molar-refractivity contribution in [1.29, 1.82) is 0 Å². The number of fused-ring (bicyclic) bond motifs is 1. The van der Waals surface area contributed by atoms with E-state index in [2.05, 4.69) is 90.4 Å². The summed E-state index contributed by atoms with van der Waals surface area (Å²) in [5, 5.41) is 1.27. The number of aromatic nitrogens is 2. The van der Waals surface area contributed by atoms with Crippen LogP contribution < -0.4 is 0 Å². The molecule has 1 aliphatic rings. The molecule has 4 aromatic rings. The van der Waals surface area contributed by atoms with E-state index >= 15 is 0 Å². The third-order valence-electron chi connectivity index (χ3n) is 7.12. The van der Waals surface area contributed by atoms with E-state index in [9.17, 15) is 4.79 Å². The molecular weight excluding hydrogens is 448 g/mol. The third-order valence-corrected chi connectivity index (χ3v) is 7.12. The summed E-state index contributed by atoms with van der Waals surface area (Å²) in [7, 11) is 0. The summed E-state index contributed by atoms with van der Waals surface area (Å²) < 4.78 is 5.78. The van der Waals surface area contributed by atoms with Gasteiger partial charge in [-0.3, -0.25) is 9.69 Å². The predicted octanol–water partition coefficient (Wildman–Crippen LogP) is 5.93. The number of aromatic amines is 1. The first kappa shape index (κ1) is 24.3. The molecule has 0 bridgehead atoms. The highest BCUT2D eigenvalue weighted by Crippen LogP contribution is 2.24. The molecule has 2 aromatic carbocycles. The van der Waals surface area contributed by atoms with Crippen LogP contribution in [0.4, 0.5) is 0 Å². The fraction of sp³-hybridized carbons (Fsp3) is 0.400. The normalized spacial score (nSPS) is 14.3. The Labute approximate surface area is 213 Å². The molecule has 188 valence electrons. The quantitative estimate of drug-likeness (QED) is 0.336. The molecule has 0 spiro atoms. The van der Waals surface area contributed by atoms with Crippen LogP contribution in [0, 0.1) is 0 Å². The van der Waals surface area contributed by atoms with Crippen molar-refractivity contribution in [3.8, 4) is 0 Å². The summed E-state index contributed by atoms with van der Waals surface area (Å²) in [5.74, 6) is 0.563. The molecule has 36 heavy (non-hydrogen) atoms. The number of rotatable bonds is 8. The summed E-state index contributed by atoms with van der Waals surface area (Å²) in [4.78, 5) is 24.9. The number of amides is 1. The zero-order valence-corrected chi connectivity index (χ0v) is 21.6. The van der Waals surface area contributed by atoms with Crippen LogP contribution in [0.25, 0.3) is 10.9 Å².